The molecule has 0 aliphatic rings. The Labute approximate surface area is 132 Å². The molecule has 3 N–H and O–H groups in total. The third kappa shape index (κ3) is 4.31. The number of hydrogen-bond acceptors (Lipinski definition) is 2. The fourth-order valence-electron chi connectivity index (χ4n) is 2.37. The van der Waals surface area contributed by atoms with Crippen molar-refractivity contribution >= 4 is 11.6 Å². The zero-order valence-corrected chi connectivity index (χ0v) is 13.6. The molecular formula is C18H23ClN2. The van der Waals surface area contributed by atoms with Gasteiger partial charge in [-0.2, -0.15) is 0 Å². The van der Waals surface area contributed by atoms with Crippen molar-refractivity contribution in [2.45, 2.75) is 38.6 Å². The lowest BCUT2D eigenvalue weighted by Crippen LogP contribution is -2.29. The van der Waals surface area contributed by atoms with Gasteiger partial charge in [-0.15, -0.1) is 0 Å². The summed E-state index contributed by atoms with van der Waals surface area (Å²) in [5.41, 5.74) is 6.75. The zero-order chi connectivity index (χ0) is 15.5. The lowest BCUT2D eigenvalue weighted by molar-refractivity contribution is 0.551. The normalized spacial score (nSPS) is 13.2. The first-order chi connectivity index (χ1) is 9.90. The van der Waals surface area contributed by atoms with Crippen molar-refractivity contribution in [1.82, 2.24) is 5.43 Å². The molecule has 0 amide bonds. The van der Waals surface area contributed by atoms with E-state index in [1.165, 1.54) is 11.1 Å². The SMILES string of the molecule is CC(C)(C)c1ccc(CC(NN)c2cccc(Cl)c2)cc1. The fraction of sp³-hybridized carbons (Fsp3) is 0.333. The average molecular weight is 303 g/mol. The highest BCUT2D eigenvalue weighted by molar-refractivity contribution is 6.30. The first-order valence-electron chi connectivity index (χ1n) is 7.21. The van der Waals surface area contributed by atoms with Gasteiger partial charge in [0.25, 0.3) is 0 Å². The van der Waals surface area contributed by atoms with Crippen LogP contribution >= 0.6 is 11.6 Å². The third-order valence-electron chi connectivity index (χ3n) is 3.71. The van der Waals surface area contributed by atoms with Crippen LogP contribution < -0.4 is 11.3 Å². The van der Waals surface area contributed by atoms with Crippen molar-refractivity contribution < 1.29 is 0 Å². The first-order valence-corrected chi connectivity index (χ1v) is 7.59. The highest BCUT2D eigenvalue weighted by Crippen LogP contribution is 2.25. The quantitative estimate of drug-likeness (QED) is 0.649. The molecule has 0 aromatic heterocycles. The van der Waals surface area contributed by atoms with E-state index in [2.05, 4.69) is 50.5 Å². The Morgan fingerprint density at radius 3 is 2.29 bits per heavy atom. The zero-order valence-electron chi connectivity index (χ0n) is 12.9. The van der Waals surface area contributed by atoms with Gasteiger partial charge < -0.3 is 0 Å². The molecule has 0 aliphatic carbocycles. The van der Waals surface area contributed by atoms with Crippen molar-refractivity contribution in [2.24, 2.45) is 5.84 Å². The van der Waals surface area contributed by atoms with Crippen molar-refractivity contribution in [2.75, 3.05) is 0 Å². The summed E-state index contributed by atoms with van der Waals surface area (Å²) < 4.78 is 0. The molecule has 2 aromatic carbocycles. The minimum atomic E-state index is 0.0594. The molecule has 1 atom stereocenters. The summed E-state index contributed by atoms with van der Waals surface area (Å²) in [6.45, 7) is 6.66. The molecule has 2 nitrogen and oxygen atoms in total. The summed E-state index contributed by atoms with van der Waals surface area (Å²) in [7, 11) is 0. The van der Waals surface area contributed by atoms with Crippen LogP contribution in [0, 0.1) is 0 Å². The van der Waals surface area contributed by atoms with E-state index in [1.807, 2.05) is 24.3 Å². The second-order valence-corrected chi connectivity index (χ2v) is 6.86. The molecule has 0 aliphatic heterocycles. The minimum absolute atomic E-state index is 0.0594. The highest BCUT2D eigenvalue weighted by atomic mass is 35.5. The van der Waals surface area contributed by atoms with Gasteiger partial charge in [0.1, 0.15) is 0 Å². The summed E-state index contributed by atoms with van der Waals surface area (Å²) in [5.74, 6) is 5.71. The number of halogens is 1. The molecule has 0 saturated heterocycles. The van der Waals surface area contributed by atoms with E-state index in [0.717, 1.165) is 17.0 Å². The number of hydrogen-bond donors (Lipinski definition) is 2. The van der Waals surface area contributed by atoms with Crippen LogP contribution in [0.2, 0.25) is 5.02 Å². The molecular weight excluding hydrogens is 280 g/mol. The molecule has 0 radical (unpaired) electrons. The number of rotatable bonds is 4. The molecule has 112 valence electrons. The average Bonchev–Trinajstić information content (AvgIpc) is 2.44. The van der Waals surface area contributed by atoms with Crippen LogP contribution in [0.15, 0.2) is 48.5 Å². The Kier molecular flexibility index (Phi) is 5.04. The van der Waals surface area contributed by atoms with Crippen LogP contribution in [-0.4, -0.2) is 0 Å². The summed E-state index contributed by atoms with van der Waals surface area (Å²) in [5, 5.41) is 0.732. The van der Waals surface area contributed by atoms with Gasteiger partial charge in [-0.1, -0.05) is 68.8 Å². The van der Waals surface area contributed by atoms with E-state index >= 15 is 0 Å². The molecule has 2 aromatic rings. The minimum Gasteiger partial charge on any atom is -0.271 e. The largest absolute Gasteiger partial charge is 0.271 e. The number of nitrogens with one attached hydrogen (secondary N) is 1. The Balaban J connectivity index is 2.15. The van der Waals surface area contributed by atoms with Crippen molar-refractivity contribution in [3.63, 3.8) is 0 Å². The molecule has 0 bridgehead atoms. The van der Waals surface area contributed by atoms with Crippen LogP contribution in [0.25, 0.3) is 0 Å². The Morgan fingerprint density at radius 2 is 1.76 bits per heavy atom. The lowest BCUT2D eigenvalue weighted by Gasteiger charge is -2.20. The van der Waals surface area contributed by atoms with Crippen LogP contribution in [0.4, 0.5) is 0 Å². The van der Waals surface area contributed by atoms with Crippen LogP contribution in [0.1, 0.15) is 43.5 Å². The highest BCUT2D eigenvalue weighted by Gasteiger charge is 2.14. The maximum absolute atomic E-state index is 6.05. The lowest BCUT2D eigenvalue weighted by atomic mass is 9.86. The standard InChI is InChI=1S/C18H23ClN2/c1-18(2,3)15-9-7-13(8-10-15)11-17(21-20)14-5-4-6-16(19)12-14/h4-10,12,17,21H,11,20H2,1-3H3. The van der Waals surface area contributed by atoms with Gasteiger partial charge >= 0.3 is 0 Å². The smallest absolute Gasteiger partial charge is 0.0500 e. The van der Waals surface area contributed by atoms with E-state index in [1.54, 1.807) is 0 Å². The molecule has 0 heterocycles. The first kappa shape index (κ1) is 16.0. The van der Waals surface area contributed by atoms with Crippen molar-refractivity contribution in [1.29, 1.82) is 0 Å². The predicted molar refractivity (Wildman–Crippen MR) is 90.4 cm³/mol. The molecule has 0 spiro atoms. The van der Waals surface area contributed by atoms with Gasteiger partial charge in [0.2, 0.25) is 0 Å². The van der Waals surface area contributed by atoms with Crippen molar-refractivity contribution in [3.05, 3.63) is 70.2 Å². The number of nitrogens with two attached hydrogens (primary N) is 1. The second kappa shape index (κ2) is 6.61. The summed E-state index contributed by atoms with van der Waals surface area (Å²) in [6.07, 6.45) is 0.835. The van der Waals surface area contributed by atoms with Gasteiger partial charge in [0, 0.05) is 5.02 Å². The van der Waals surface area contributed by atoms with E-state index in [4.69, 9.17) is 17.4 Å². The van der Waals surface area contributed by atoms with Gasteiger partial charge in [-0.05, 0) is 40.7 Å². The summed E-state index contributed by atoms with van der Waals surface area (Å²) >= 11 is 6.05. The Bertz CT molecular complexity index is 585. The maximum atomic E-state index is 6.05. The van der Waals surface area contributed by atoms with Gasteiger partial charge in [-0.25, -0.2) is 0 Å². The van der Waals surface area contributed by atoms with Gasteiger partial charge in [0.05, 0.1) is 6.04 Å². The van der Waals surface area contributed by atoms with E-state index in [0.29, 0.717) is 0 Å². The maximum Gasteiger partial charge on any atom is 0.0500 e. The van der Waals surface area contributed by atoms with Crippen LogP contribution in [0.5, 0.6) is 0 Å². The molecule has 1 unspecified atom stereocenters. The van der Waals surface area contributed by atoms with Gasteiger partial charge in [-0.3, -0.25) is 11.3 Å². The molecule has 21 heavy (non-hydrogen) atoms. The molecule has 3 heteroatoms. The topological polar surface area (TPSA) is 38.0 Å². The number of benzene rings is 2. The summed E-state index contributed by atoms with van der Waals surface area (Å²) in [4.78, 5) is 0. The Morgan fingerprint density at radius 1 is 1.10 bits per heavy atom. The predicted octanol–water partition coefficient (Wildman–Crippen LogP) is 4.38. The van der Waals surface area contributed by atoms with Crippen LogP contribution in [0.3, 0.4) is 0 Å². The second-order valence-electron chi connectivity index (χ2n) is 6.43. The van der Waals surface area contributed by atoms with E-state index in [-0.39, 0.29) is 11.5 Å². The third-order valence-corrected chi connectivity index (χ3v) is 3.95. The molecule has 2 rings (SSSR count). The van der Waals surface area contributed by atoms with Crippen LogP contribution in [-0.2, 0) is 11.8 Å². The summed E-state index contributed by atoms with van der Waals surface area (Å²) in [6, 6.07) is 16.6. The monoisotopic (exact) mass is 302 g/mol. The van der Waals surface area contributed by atoms with E-state index in [9.17, 15) is 0 Å². The molecule has 0 saturated carbocycles. The van der Waals surface area contributed by atoms with Crippen molar-refractivity contribution in [3.8, 4) is 0 Å². The van der Waals surface area contributed by atoms with Gasteiger partial charge in [0.15, 0.2) is 0 Å². The molecule has 0 fully saturated rings. The van der Waals surface area contributed by atoms with E-state index < -0.39 is 0 Å². The number of hydrazine groups is 1. The fourth-order valence-corrected chi connectivity index (χ4v) is 2.57. The Hall–Kier alpha value is -1.35.